The lowest BCUT2D eigenvalue weighted by molar-refractivity contribution is -0.161. The zero-order valence-corrected chi connectivity index (χ0v) is 64.5. The Morgan fingerprint density at radius 2 is 0.479 bits per heavy atom. The van der Waals surface area contributed by atoms with Crippen LogP contribution in [0.3, 0.4) is 0 Å². The first-order valence-electron chi connectivity index (χ1n) is 40.0. The minimum atomic E-state index is -4.96. The van der Waals surface area contributed by atoms with Gasteiger partial charge >= 0.3 is 39.5 Å². The van der Waals surface area contributed by atoms with E-state index in [1.54, 1.807) is 0 Å². The van der Waals surface area contributed by atoms with Crippen molar-refractivity contribution in [2.75, 3.05) is 39.6 Å². The summed E-state index contributed by atoms with van der Waals surface area (Å²) in [4.78, 5) is 72.7. The number of rotatable bonds is 76. The summed E-state index contributed by atoms with van der Waals surface area (Å²) in [5, 5.41) is 10.6. The number of hydrogen-bond acceptors (Lipinski definition) is 15. The van der Waals surface area contributed by atoms with Crippen molar-refractivity contribution in [3.05, 3.63) is 0 Å². The summed E-state index contributed by atoms with van der Waals surface area (Å²) in [5.74, 6) is -0.615. The summed E-state index contributed by atoms with van der Waals surface area (Å²) in [6.45, 7) is 9.54. The predicted octanol–water partition coefficient (Wildman–Crippen LogP) is 22.7. The molecule has 17 nitrogen and oxygen atoms in total. The molecule has 0 rings (SSSR count). The highest BCUT2D eigenvalue weighted by Crippen LogP contribution is 2.45. The van der Waals surface area contributed by atoms with E-state index in [9.17, 15) is 43.2 Å². The van der Waals surface area contributed by atoms with Gasteiger partial charge in [-0.3, -0.25) is 37.3 Å². The van der Waals surface area contributed by atoms with Crippen molar-refractivity contribution < 1.29 is 80.2 Å². The fourth-order valence-corrected chi connectivity index (χ4v) is 13.4. The van der Waals surface area contributed by atoms with Crippen molar-refractivity contribution in [3.63, 3.8) is 0 Å². The molecule has 5 atom stereocenters. The molecule has 0 saturated carbocycles. The molecule has 19 heteroatoms. The minimum Gasteiger partial charge on any atom is -0.462 e. The highest BCUT2D eigenvalue weighted by Gasteiger charge is 2.30. The first-order valence-corrected chi connectivity index (χ1v) is 43.0. The third kappa shape index (κ3) is 70.5. The second-order valence-corrected chi connectivity index (χ2v) is 31.6. The Kier molecular flexibility index (Phi) is 67.4. The van der Waals surface area contributed by atoms with E-state index in [-0.39, 0.29) is 25.7 Å². The Bertz CT molecular complexity index is 1860. The van der Waals surface area contributed by atoms with E-state index in [2.05, 4.69) is 41.5 Å². The second kappa shape index (κ2) is 68.8. The number of hydrogen-bond donors (Lipinski definition) is 3. The first-order chi connectivity index (χ1) is 46.4. The Morgan fingerprint density at radius 1 is 0.281 bits per heavy atom. The van der Waals surface area contributed by atoms with Gasteiger partial charge in [0.15, 0.2) is 12.2 Å². The van der Waals surface area contributed by atoms with Gasteiger partial charge in [-0.2, -0.15) is 0 Å². The van der Waals surface area contributed by atoms with Crippen molar-refractivity contribution in [2.45, 2.75) is 419 Å². The van der Waals surface area contributed by atoms with Crippen LogP contribution in [-0.2, 0) is 65.4 Å². The number of phosphoric ester groups is 2. The van der Waals surface area contributed by atoms with E-state index in [1.807, 2.05) is 0 Å². The summed E-state index contributed by atoms with van der Waals surface area (Å²) in [5.41, 5.74) is 0. The fourth-order valence-electron chi connectivity index (χ4n) is 11.8. The van der Waals surface area contributed by atoms with E-state index in [0.29, 0.717) is 31.6 Å². The van der Waals surface area contributed by atoms with Crippen LogP contribution in [0.25, 0.3) is 0 Å². The van der Waals surface area contributed by atoms with Crippen LogP contribution in [0.1, 0.15) is 401 Å². The average Bonchev–Trinajstić information content (AvgIpc) is 1.28. The van der Waals surface area contributed by atoms with E-state index in [4.69, 9.17) is 37.0 Å². The maximum atomic E-state index is 13.1. The molecule has 0 radical (unpaired) electrons. The molecule has 0 amide bonds. The van der Waals surface area contributed by atoms with Crippen LogP contribution >= 0.6 is 15.6 Å². The maximum Gasteiger partial charge on any atom is 0.472 e. The number of carbonyl (C=O) groups is 4. The summed E-state index contributed by atoms with van der Waals surface area (Å²) in [7, 11) is -9.91. The molecule has 2 unspecified atom stereocenters. The van der Waals surface area contributed by atoms with Crippen LogP contribution < -0.4 is 0 Å². The molecule has 0 bridgehead atoms. The molecular formula is C77H150O17P2. The largest absolute Gasteiger partial charge is 0.472 e. The molecule has 0 aliphatic rings. The number of aliphatic hydroxyl groups excluding tert-OH is 1. The third-order valence-electron chi connectivity index (χ3n) is 18.0. The molecule has 0 aromatic carbocycles. The quantitative estimate of drug-likeness (QED) is 0.0222. The van der Waals surface area contributed by atoms with Gasteiger partial charge in [0.05, 0.1) is 26.4 Å². The van der Waals surface area contributed by atoms with E-state index >= 15 is 0 Å². The summed E-state index contributed by atoms with van der Waals surface area (Å²) in [6.07, 6.45) is 57.2. The molecule has 0 saturated heterocycles. The summed E-state index contributed by atoms with van der Waals surface area (Å²) in [6, 6.07) is 0. The number of esters is 4. The summed E-state index contributed by atoms with van der Waals surface area (Å²) >= 11 is 0. The van der Waals surface area contributed by atoms with Crippen molar-refractivity contribution in [2.24, 2.45) is 11.8 Å². The molecule has 0 spiro atoms. The van der Waals surface area contributed by atoms with Gasteiger partial charge in [0.1, 0.15) is 19.3 Å². The standard InChI is InChI=1S/C77H150O17P2/c1-7-9-11-13-15-17-18-19-20-21-22-23-27-30-33-36-42-48-54-60-75(80)88-66-72(93-76(81)61-55-49-43-37-34-31-28-25-24-26-29-32-35-39-45-51-57-69(3)4)67-91-95(83,84)89-63-71(78)64-90-96(85,86)92-68-73(65-87-74(79)59-53-47-41-16-14-12-10-8-2)94-77(82)62-56-50-44-38-40-46-52-58-70(5)6/h69-73,78H,7-68H2,1-6H3,(H,83,84)(H,85,86)/t71-,72-,73-/m1/s1. The van der Waals surface area contributed by atoms with E-state index < -0.39 is 97.5 Å². The predicted molar refractivity (Wildman–Crippen MR) is 391 cm³/mol. The van der Waals surface area contributed by atoms with E-state index in [1.165, 1.54) is 212 Å². The number of phosphoric acid groups is 2. The minimum absolute atomic E-state index is 0.103. The van der Waals surface area contributed by atoms with Gasteiger partial charge in [0.25, 0.3) is 0 Å². The molecule has 0 aliphatic carbocycles. The van der Waals surface area contributed by atoms with Gasteiger partial charge < -0.3 is 33.8 Å². The number of ether oxygens (including phenoxy) is 4. The number of carbonyl (C=O) groups excluding carboxylic acids is 4. The maximum absolute atomic E-state index is 13.1. The topological polar surface area (TPSA) is 237 Å². The van der Waals surface area contributed by atoms with Crippen LogP contribution in [-0.4, -0.2) is 96.7 Å². The lowest BCUT2D eigenvalue weighted by Crippen LogP contribution is -2.30. The Balaban J connectivity index is 5.17. The van der Waals surface area contributed by atoms with Crippen molar-refractivity contribution in [1.29, 1.82) is 0 Å². The Labute approximate surface area is 588 Å². The van der Waals surface area contributed by atoms with Gasteiger partial charge in [-0.15, -0.1) is 0 Å². The molecule has 0 aromatic rings. The van der Waals surface area contributed by atoms with Crippen LogP contribution in [0.2, 0.25) is 0 Å². The van der Waals surface area contributed by atoms with Gasteiger partial charge in [-0.1, -0.05) is 350 Å². The molecule has 0 aromatic heterocycles. The van der Waals surface area contributed by atoms with Gasteiger partial charge in [-0.25, -0.2) is 9.13 Å². The monoisotopic (exact) mass is 1410 g/mol. The Morgan fingerprint density at radius 3 is 0.708 bits per heavy atom. The molecular weight excluding hydrogens is 1260 g/mol. The highest BCUT2D eigenvalue weighted by molar-refractivity contribution is 7.47. The third-order valence-corrected chi connectivity index (χ3v) is 19.9. The molecule has 0 aliphatic heterocycles. The summed E-state index contributed by atoms with van der Waals surface area (Å²) < 4.78 is 68.4. The zero-order valence-electron chi connectivity index (χ0n) is 62.7. The molecule has 96 heavy (non-hydrogen) atoms. The molecule has 3 N–H and O–H groups in total. The van der Waals surface area contributed by atoms with Gasteiger partial charge in [0, 0.05) is 25.7 Å². The van der Waals surface area contributed by atoms with Crippen LogP contribution in [0.5, 0.6) is 0 Å². The first kappa shape index (κ1) is 94.1. The van der Waals surface area contributed by atoms with Crippen LogP contribution in [0.15, 0.2) is 0 Å². The smallest absolute Gasteiger partial charge is 0.462 e. The van der Waals surface area contributed by atoms with Crippen molar-refractivity contribution in [3.8, 4) is 0 Å². The number of aliphatic hydroxyl groups is 1. The molecule has 0 heterocycles. The van der Waals surface area contributed by atoms with E-state index in [0.717, 1.165) is 102 Å². The highest BCUT2D eigenvalue weighted by atomic mass is 31.2. The fraction of sp³-hybridized carbons (Fsp3) is 0.948. The SMILES string of the molecule is CCCCCCCCCCCCCCCCCCCCCC(=O)OC[C@H](COP(=O)(O)OC[C@@H](O)COP(=O)(O)OC[C@@H](COC(=O)CCCCCCCCCC)OC(=O)CCCCCCCCCC(C)C)OC(=O)CCCCCCCCCCCCCCCCCCC(C)C. The van der Waals surface area contributed by atoms with Gasteiger partial charge in [0.2, 0.25) is 0 Å². The molecule has 0 fully saturated rings. The van der Waals surface area contributed by atoms with Gasteiger partial charge in [-0.05, 0) is 37.5 Å². The van der Waals surface area contributed by atoms with Crippen molar-refractivity contribution >= 4 is 39.5 Å². The zero-order chi connectivity index (χ0) is 70.7. The average molecular weight is 1410 g/mol. The second-order valence-electron chi connectivity index (χ2n) is 28.7. The lowest BCUT2D eigenvalue weighted by Gasteiger charge is -2.21. The normalized spacial score (nSPS) is 14.0. The number of unbranched alkanes of at least 4 members (excludes halogenated alkanes) is 46. The van der Waals surface area contributed by atoms with Crippen molar-refractivity contribution in [1.82, 2.24) is 0 Å². The Hall–Kier alpha value is -1.94. The van der Waals surface area contributed by atoms with Crippen LogP contribution in [0, 0.1) is 11.8 Å². The lowest BCUT2D eigenvalue weighted by atomic mass is 10.0. The van der Waals surface area contributed by atoms with Crippen LogP contribution in [0.4, 0.5) is 0 Å². The molecule has 570 valence electrons.